The number of anilines is 1. The monoisotopic (exact) mass is 400 g/mol. The summed E-state index contributed by atoms with van der Waals surface area (Å²) in [7, 11) is -2.09. The first-order valence-corrected chi connectivity index (χ1v) is 10.2. The summed E-state index contributed by atoms with van der Waals surface area (Å²) >= 11 is 5.99. The Morgan fingerprint density at radius 3 is 2.52 bits per heavy atom. The number of likely N-dealkylation sites (N-methyl/N-ethyl adjacent to an activating group) is 1. The SMILES string of the molecule is CN(Cc1cccc(Cl)c1)C(=O)CN1c2cccc3cccc(c23)S1(=O)=O. The van der Waals surface area contributed by atoms with Gasteiger partial charge < -0.3 is 4.90 Å². The van der Waals surface area contributed by atoms with Gasteiger partial charge in [0.25, 0.3) is 10.0 Å². The molecule has 0 radical (unpaired) electrons. The Morgan fingerprint density at radius 1 is 1.07 bits per heavy atom. The van der Waals surface area contributed by atoms with Gasteiger partial charge in [0.05, 0.1) is 10.6 Å². The first-order valence-electron chi connectivity index (χ1n) is 8.41. The average molecular weight is 401 g/mol. The summed E-state index contributed by atoms with van der Waals surface area (Å²) in [5, 5.41) is 2.11. The van der Waals surface area contributed by atoms with Crippen LogP contribution in [0.3, 0.4) is 0 Å². The van der Waals surface area contributed by atoms with Gasteiger partial charge in [-0.25, -0.2) is 8.42 Å². The molecule has 4 rings (SSSR count). The van der Waals surface area contributed by atoms with E-state index in [1.165, 1.54) is 9.21 Å². The quantitative estimate of drug-likeness (QED) is 0.671. The van der Waals surface area contributed by atoms with Crippen molar-refractivity contribution in [3.63, 3.8) is 0 Å². The van der Waals surface area contributed by atoms with Crippen LogP contribution in [0.15, 0.2) is 65.6 Å². The highest BCUT2D eigenvalue weighted by Gasteiger charge is 2.37. The van der Waals surface area contributed by atoms with Gasteiger partial charge in [0.2, 0.25) is 5.91 Å². The molecule has 0 saturated carbocycles. The van der Waals surface area contributed by atoms with Crippen molar-refractivity contribution in [1.29, 1.82) is 0 Å². The van der Waals surface area contributed by atoms with Crippen LogP contribution in [0.4, 0.5) is 5.69 Å². The van der Waals surface area contributed by atoms with Crippen LogP contribution in [-0.2, 0) is 21.4 Å². The molecular formula is C20H17ClN2O3S. The number of benzene rings is 3. The lowest BCUT2D eigenvalue weighted by molar-refractivity contribution is -0.128. The van der Waals surface area contributed by atoms with Gasteiger partial charge in [-0.15, -0.1) is 0 Å². The fourth-order valence-corrected chi connectivity index (χ4v) is 5.24. The normalized spacial score (nSPS) is 14.5. The van der Waals surface area contributed by atoms with Crippen LogP contribution in [-0.4, -0.2) is 32.8 Å². The number of sulfonamides is 1. The average Bonchev–Trinajstić information content (AvgIpc) is 2.85. The highest BCUT2D eigenvalue weighted by molar-refractivity contribution is 7.93. The molecule has 1 aliphatic heterocycles. The van der Waals surface area contributed by atoms with Crippen molar-refractivity contribution >= 4 is 44.0 Å². The lowest BCUT2D eigenvalue weighted by Gasteiger charge is -2.23. The molecule has 5 nitrogen and oxygen atoms in total. The minimum absolute atomic E-state index is 0.243. The molecule has 0 unspecified atom stereocenters. The summed E-state index contributed by atoms with van der Waals surface area (Å²) < 4.78 is 27.1. The lowest BCUT2D eigenvalue weighted by Crippen LogP contribution is -2.39. The molecule has 0 bridgehead atoms. The Balaban J connectivity index is 1.61. The van der Waals surface area contributed by atoms with E-state index in [2.05, 4.69) is 0 Å². The van der Waals surface area contributed by atoms with E-state index in [1.807, 2.05) is 24.3 Å². The van der Waals surface area contributed by atoms with Gasteiger partial charge in [0, 0.05) is 24.0 Å². The van der Waals surface area contributed by atoms with Crippen LogP contribution in [0.25, 0.3) is 10.8 Å². The molecule has 1 amide bonds. The molecule has 3 aromatic carbocycles. The molecule has 27 heavy (non-hydrogen) atoms. The Bertz CT molecular complexity index is 1160. The second kappa shape index (κ2) is 6.55. The summed E-state index contributed by atoms with van der Waals surface area (Å²) in [4.78, 5) is 14.5. The van der Waals surface area contributed by atoms with E-state index in [-0.39, 0.29) is 17.3 Å². The van der Waals surface area contributed by atoms with Crippen LogP contribution in [0.5, 0.6) is 0 Å². The zero-order valence-corrected chi connectivity index (χ0v) is 16.2. The summed E-state index contributed by atoms with van der Waals surface area (Å²) in [6, 6.07) is 17.8. The smallest absolute Gasteiger partial charge is 0.265 e. The van der Waals surface area contributed by atoms with Gasteiger partial charge in [0.15, 0.2) is 0 Å². The van der Waals surface area contributed by atoms with E-state index in [0.717, 1.165) is 10.9 Å². The highest BCUT2D eigenvalue weighted by atomic mass is 35.5. The summed E-state index contributed by atoms with van der Waals surface area (Å²) in [6.07, 6.45) is 0. The van der Waals surface area contributed by atoms with Crippen LogP contribution < -0.4 is 4.31 Å². The number of hydrogen-bond acceptors (Lipinski definition) is 3. The van der Waals surface area contributed by atoms with Crippen LogP contribution >= 0.6 is 11.6 Å². The molecular weight excluding hydrogens is 384 g/mol. The first-order chi connectivity index (χ1) is 12.9. The van der Waals surface area contributed by atoms with E-state index in [4.69, 9.17) is 11.6 Å². The highest BCUT2D eigenvalue weighted by Crippen LogP contribution is 2.41. The van der Waals surface area contributed by atoms with Crippen molar-refractivity contribution in [3.8, 4) is 0 Å². The number of nitrogens with zero attached hydrogens (tertiary/aromatic N) is 2. The van der Waals surface area contributed by atoms with E-state index >= 15 is 0 Å². The standard InChI is InChI=1S/C20H17ClN2O3S/c1-22(12-14-5-2-8-16(21)11-14)19(24)13-23-17-9-3-6-15-7-4-10-18(20(15)17)27(23,25)26/h2-11H,12-13H2,1H3. The van der Waals surface area contributed by atoms with Crippen molar-refractivity contribution in [2.24, 2.45) is 0 Å². The predicted octanol–water partition coefficient (Wildman–Crippen LogP) is 3.66. The second-order valence-corrected chi connectivity index (χ2v) is 8.79. The molecule has 7 heteroatoms. The molecule has 1 heterocycles. The van der Waals surface area contributed by atoms with Crippen LogP contribution in [0, 0.1) is 0 Å². The van der Waals surface area contributed by atoms with E-state index in [1.54, 1.807) is 43.4 Å². The summed E-state index contributed by atoms with van der Waals surface area (Å²) in [5.74, 6) is -0.289. The van der Waals surface area contributed by atoms with Crippen molar-refractivity contribution < 1.29 is 13.2 Å². The first kappa shape index (κ1) is 17.8. The topological polar surface area (TPSA) is 57.7 Å². The molecule has 0 N–H and O–H groups in total. The summed E-state index contributed by atoms with van der Waals surface area (Å²) in [6.45, 7) is 0.109. The van der Waals surface area contributed by atoms with Crippen molar-refractivity contribution in [1.82, 2.24) is 4.90 Å². The summed E-state index contributed by atoms with van der Waals surface area (Å²) in [5.41, 5.74) is 1.43. The molecule has 0 saturated heterocycles. The molecule has 0 spiro atoms. The van der Waals surface area contributed by atoms with Gasteiger partial charge >= 0.3 is 0 Å². The van der Waals surface area contributed by atoms with E-state index in [9.17, 15) is 13.2 Å². The molecule has 3 aromatic rings. The third-order valence-corrected chi connectivity index (χ3v) is 6.73. The molecule has 0 aliphatic carbocycles. The predicted molar refractivity (Wildman–Crippen MR) is 106 cm³/mol. The number of carbonyl (C=O) groups is 1. The van der Waals surface area contributed by atoms with Crippen LogP contribution in [0.1, 0.15) is 5.56 Å². The van der Waals surface area contributed by atoms with Crippen molar-refractivity contribution in [3.05, 3.63) is 71.2 Å². The van der Waals surface area contributed by atoms with Crippen molar-refractivity contribution in [2.75, 3.05) is 17.9 Å². The Morgan fingerprint density at radius 2 is 1.78 bits per heavy atom. The lowest BCUT2D eigenvalue weighted by atomic mass is 10.1. The molecule has 0 atom stereocenters. The Labute approximate surface area is 162 Å². The van der Waals surface area contributed by atoms with Crippen molar-refractivity contribution in [2.45, 2.75) is 11.4 Å². The van der Waals surface area contributed by atoms with Gasteiger partial charge in [0.1, 0.15) is 6.54 Å². The number of halogens is 1. The zero-order valence-electron chi connectivity index (χ0n) is 14.6. The maximum Gasteiger partial charge on any atom is 0.265 e. The number of rotatable bonds is 4. The number of hydrogen-bond donors (Lipinski definition) is 0. The third-order valence-electron chi connectivity index (χ3n) is 4.69. The maximum atomic E-state index is 13.0. The van der Waals surface area contributed by atoms with E-state index in [0.29, 0.717) is 22.6 Å². The molecule has 0 fully saturated rings. The fourth-order valence-electron chi connectivity index (χ4n) is 3.37. The maximum absolute atomic E-state index is 13.0. The van der Waals surface area contributed by atoms with Gasteiger partial charge in [-0.3, -0.25) is 9.10 Å². The minimum atomic E-state index is -3.74. The third kappa shape index (κ3) is 3.05. The van der Waals surface area contributed by atoms with E-state index < -0.39 is 10.0 Å². The second-order valence-electron chi connectivity index (χ2n) is 6.52. The van der Waals surface area contributed by atoms with Crippen LogP contribution in [0.2, 0.25) is 5.02 Å². The van der Waals surface area contributed by atoms with Gasteiger partial charge in [-0.2, -0.15) is 0 Å². The molecule has 0 aromatic heterocycles. The Kier molecular flexibility index (Phi) is 4.32. The van der Waals surface area contributed by atoms with Gasteiger partial charge in [-0.1, -0.05) is 48.0 Å². The fraction of sp³-hybridized carbons (Fsp3) is 0.150. The van der Waals surface area contributed by atoms with Gasteiger partial charge in [-0.05, 0) is 35.2 Å². The Hall–Kier alpha value is -2.57. The number of amides is 1. The largest absolute Gasteiger partial charge is 0.340 e. The zero-order chi connectivity index (χ0) is 19.2. The minimum Gasteiger partial charge on any atom is -0.340 e. The number of carbonyl (C=O) groups excluding carboxylic acids is 1. The molecule has 1 aliphatic rings. The molecule has 138 valence electrons.